The lowest BCUT2D eigenvalue weighted by Crippen LogP contribution is -2.05. The quantitative estimate of drug-likeness (QED) is 0.601. The molecule has 0 radical (unpaired) electrons. The summed E-state index contributed by atoms with van der Waals surface area (Å²) < 4.78 is 36.0. The van der Waals surface area contributed by atoms with E-state index in [1.165, 1.54) is 38.3 Å². The molecule has 0 heterocycles. The molecule has 0 amide bonds. The summed E-state index contributed by atoms with van der Waals surface area (Å²) in [6.45, 7) is 1.50. The average molecular weight is 242 g/mol. The lowest BCUT2D eigenvalue weighted by molar-refractivity contribution is -0.140. The van der Waals surface area contributed by atoms with E-state index < -0.39 is 17.6 Å². The van der Waals surface area contributed by atoms with E-state index in [9.17, 15) is 13.6 Å². The molecule has 1 aromatic carbocycles. The molecule has 5 heteroatoms. The zero-order valence-corrected chi connectivity index (χ0v) is 9.50. The van der Waals surface area contributed by atoms with Crippen LogP contribution < -0.4 is 4.74 Å². The maximum atomic E-state index is 13.5. The van der Waals surface area contributed by atoms with Crippen LogP contribution >= 0.6 is 0 Å². The van der Waals surface area contributed by atoms with Crippen LogP contribution in [-0.2, 0) is 9.53 Å². The standard InChI is InChI=1S/C12H12F2O3/c1-3-17-12(15)11(14)10(13)8-4-6-9(16-2)7-5-8/h4-7H,3H2,1-2H3/b11-10+. The van der Waals surface area contributed by atoms with Gasteiger partial charge in [-0.25, -0.2) is 9.18 Å². The van der Waals surface area contributed by atoms with Gasteiger partial charge in [0.1, 0.15) is 5.75 Å². The van der Waals surface area contributed by atoms with Crippen molar-refractivity contribution in [2.24, 2.45) is 0 Å². The summed E-state index contributed by atoms with van der Waals surface area (Å²) >= 11 is 0. The van der Waals surface area contributed by atoms with Crippen LogP contribution in [0.15, 0.2) is 30.1 Å². The van der Waals surface area contributed by atoms with Gasteiger partial charge in [-0.2, -0.15) is 4.39 Å². The fraction of sp³-hybridized carbons (Fsp3) is 0.250. The highest BCUT2D eigenvalue weighted by Gasteiger charge is 2.18. The maximum absolute atomic E-state index is 13.5. The van der Waals surface area contributed by atoms with Crippen LogP contribution in [0.5, 0.6) is 5.75 Å². The summed E-state index contributed by atoms with van der Waals surface area (Å²) in [5.74, 6) is -3.57. The van der Waals surface area contributed by atoms with E-state index in [1.807, 2.05) is 0 Å². The molecule has 0 bridgehead atoms. The van der Waals surface area contributed by atoms with Crippen LogP contribution in [0.4, 0.5) is 8.78 Å². The van der Waals surface area contributed by atoms with Crippen molar-refractivity contribution in [1.82, 2.24) is 0 Å². The molecule has 0 spiro atoms. The summed E-state index contributed by atoms with van der Waals surface area (Å²) in [6.07, 6.45) is 0. The fourth-order valence-corrected chi connectivity index (χ4v) is 1.15. The Morgan fingerprint density at radius 3 is 2.29 bits per heavy atom. The number of hydrogen-bond acceptors (Lipinski definition) is 3. The van der Waals surface area contributed by atoms with Crippen LogP contribution in [0.25, 0.3) is 5.83 Å². The number of esters is 1. The molecular weight excluding hydrogens is 230 g/mol. The van der Waals surface area contributed by atoms with Gasteiger partial charge in [0.2, 0.25) is 5.83 Å². The van der Waals surface area contributed by atoms with Crippen molar-refractivity contribution in [1.29, 1.82) is 0 Å². The first kappa shape index (κ1) is 13.2. The number of ether oxygens (including phenoxy) is 2. The lowest BCUT2D eigenvalue weighted by Gasteiger charge is -2.03. The van der Waals surface area contributed by atoms with Gasteiger partial charge in [-0.1, -0.05) is 0 Å². The Kier molecular flexibility index (Phi) is 4.63. The third-order valence-electron chi connectivity index (χ3n) is 1.99. The number of carbonyl (C=O) groups excluding carboxylic acids is 1. The Bertz CT molecular complexity index is 424. The molecule has 17 heavy (non-hydrogen) atoms. The van der Waals surface area contributed by atoms with Crippen molar-refractivity contribution < 1.29 is 23.0 Å². The second-order valence-electron chi connectivity index (χ2n) is 3.08. The van der Waals surface area contributed by atoms with Gasteiger partial charge >= 0.3 is 5.97 Å². The van der Waals surface area contributed by atoms with E-state index in [0.717, 1.165) is 0 Å². The zero-order chi connectivity index (χ0) is 12.8. The van der Waals surface area contributed by atoms with Gasteiger partial charge < -0.3 is 9.47 Å². The fourth-order valence-electron chi connectivity index (χ4n) is 1.15. The molecule has 0 atom stereocenters. The van der Waals surface area contributed by atoms with E-state index in [-0.39, 0.29) is 12.2 Å². The molecular formula is C12H12F2O3. The smallest absolute Gasteiger partial charge is 0.370 e. The third kappa shape index (κ3) is 3.27. The minimum Gasteiger partial charge on any atom is -0.497 e. The number of methoxy groups -OCH3 is 1. The van der Waals surface area contributed by atoms with Crippen molar-refractivity contribution in [2.45, 2.75) is 6.92 Å². The predicted molar refractivity (Wildman–Crippen MR) is 58.8 cm³/mol. The van der Waals surface area contributed by atoms with E-state index >= 15 is 0 Å². The Labute approximate surface area is 97.7 Å². The predicted octanol–water partition coefficient (Wildman–Crippen LogP) is 2.87. The Hall–Kier alpha value is -1.91. The van der Waals surface area contributed by atoms with E-state index in [1.54, 1.807) is 0 Å². The molecule has 0 aliphatic heterocycles. The first-order valence-corrected chi connectivity index (χ1v) is 4.97. The number of benzene rings is 1. The zero-order valence-electron chi connectivity index (χ0n) is 9.50. The van der Waals surface area contributed by atoms with Gasteiger partial charge in [0.25, 0.3) is 0 Å². The Morgan fingerprint density at radius 2 is 1.82 bits per heavy atom. The Morgan fingerprint density at radius 1 is 1.24 bits per heavy atom. The van der Waals surface area contributed by atoms with Crippen molar-refractivity contribution >= 4 is 11.8 Å². The SMILES string of the molecule is CCOC(=O)/C(F)=C(\F)c1ccc(OC)cc1. The van der Waals surface area contributed by atoms with Gasteiger partial charge in [-0.3, -0.25) is 0 Å². The molecule has 0 fully saturated rings. The molecule has 1 aromatic rings. The molecule has 0 aliphatic carbocycles. The summed E-state index contributed by atoms with van der Waals surface area (Å²) in [5, 5.41) is 0. The highest BCUT2D eigenvalue weighted by molar-refractivity contribution is 5.93. The van der Waals surface area contributed by atoms with Crippen molar-refractivity contribution in [3.63, 3.8) is 0 Å². The first-order valence-electron chi connectivity index (χ1n) is 4.97. The third-order valence-corrected chi connectivity index (χ3v) is 1.99. The number of halogens is 2. The van der Waals surface area contributed by atoms with Crippen molar-refractivity contribution in [2.75, 3.05) is 13.7 Å². The summed E-state index contributed by atoms with van der Waals surface area (Å²) in [5.41, 5.74) is -0.0450. The Balaban J connectivity index is 2.97. The van der Waals surface area contributed by atoms with E-state index in [4.69, 9.17) is 4.74 Å². The average Bonchev–Trinajstić information content (AvgIpc) is 2.37. The number of carbonyl (C=O) groups is 1. The van der Waals surface area contributed by atoms with Gasteiger partial charge in [-0.15, -0.1) is 0 Å². The minimum atomic E-state index is -1.53. The number of hydrogen-bond donors (Lipinski definition) is 0. The van der Waals surface area contributed by atoms with Gasteiger partial charge in [0, 0.05) is 5.56 Å². The first-order chi connectivity index (χ1) is 8.10. The molecule has 0 N–H and O–H groups in total. The van der Waals surface area contributed by atoms with Crippen LogP contribution in [0, 0.1) is 0 Å². The van der Waals surface area contributed by atoms with Crippen LogP contribution in [-0.4, -0.2) is 19.7 Å². The van der Waals surface area contributed by atoms with E-state index in [0.29, 0.717) is 5.75 Å². The van der Waals surface area contributed by atoms with Gasteiger partial charge in [0.05, 0.1) is 13.7 Å². The van der Waals surface area contributed by atoms with E-state index in [2.05, 4.69) is 4.74 Å². The summed E-state index contributed by atoms with van der Waals surface area (Å²) in [7, 11) is 1.46. The van der Waals surface area contributed by atoms with Gasteiger partial charge in [-0.05, 0) is 31.2 Å². The molecule has 0 aromatic heterocycles. The molecule has 0 unspecified atom stereocenters. The maximum Gasteiger partial charge on any atom is 0.370 e. The minimum absolute atomic E-state index is 0.0118. The topological polar surface area (TPSA) is 35.5 Å². The molecule has 92 valence electrons. The molecule has 1 rings (SSSR count). The van der Waals surface area contributed by atoms with Crippen molar-refractivity contribution in [3.8, 4) is 5.75 Å². The van der Waals surface area contributed by atoms with Crippen LogP contribution in [0.3, 0.4) is 0 Å². The van der Waals surface area contributed by atoms with Crippen LogP contribution in [0.2, 0.25) is 0 Å². The van der Waals surface area contributed by atoms with Crippen molar-refractivity contribution in [3.05, 3.63) is 35.7 Å². The summed E-state index contributed by atoms with van der Waals surface area (Å²) in [4.78, 5) is 11.0. The highest BCUT2D eigenvalue weighted by Crippen LogP contribution is 2.24. The lowest BCUT2D eigenvalue weighted by atomic mass is 10.2. The molecule has 0 saturated carbocycles. The monoisotopic (exact) mass is 242 g/mol. The summed E-state index contributed by atoms with van der Waals surface area (Å²) in [6, 6.07) is 5.56. The second-order valence-corrected chi connectivity index (χ2v) is 3.08. The molecule has 0 saturated heterocycles. The number of rotatable bonds is 4. The molecule has 0 aliphatic rings. The van der Waals surface area contributed by atoms with Gasteiger partial charge in [0.15, 0.2) is 5.83 Å². The second kappa shape index (κ2) is 5.98. The highest BCUT2D eigenvalue weighted by atomic mass is 19.2. The van der Waals surface area contributed by atoms with Crippen LogP contribution in [0.1, 0.15) is 12.5 Å². The normalized spacial score (nSPS) is 11.8. The molecule has 3 nitrogen and oxygen atoms in total. The largest absolute Gasteiger partial charge is 0.497 e.